The van der Waals surface area contributed by atoms with E-state index in [-0.39, 0.29) is 22.7 Å². The number of alkyl halides is 3. The van der Waals surface area contributed by atoms with Gasteiger partial charge in [0.2, 0.25) is 15.8 Å². The summed E-state index contributed by atoms with van der Waals surface area (Å²) in [6.07, 6.45) is -4.68. The molecule has 0 amide bonds. The van der Waals surface area contributed by atoms with Gasteiger partial charge in [-0.05, 0) is 36.2 Å². The second kappa shape index (κ2) is 7.88. The van der Waals surface area contributed by atoms with Crippen LogP contribution in [0.2, 0.25) is 0 Å². The Balaban J connectivity index is 1.87. The van der Waals surface area contributed by atoms with Crippen LogP contribution in [0.3, 0.4) is 0 Å². The van der Waals surface area contributed by atoms with Crippen molar-refractivity contribution in [1.82, 2.24) is 9.88 Å². The molecule has 0 saturated heterocycles. The molecule has 1 N–H and O–H groups in total. The molecule has 0 unspecified atom stereocenters. The lowest BCUT2D eigenvalue weighted by atomic mass is 10.1. The van der Waals surface area contributed by atoms with Gasteiger partial charge in [-0.1, -0.05) is 29.4 Å². The van der Waals surface area contributed by atoms with Crippen molar-refractivity contribution < 1.29 is 30.8 Å². The smallest absolute Gasteiger partial charge is 0.452 e. The monoisotopic (exact) mass is 426 g/mol. The molecule has 6 nitrogen and oxygen atoms in total. The average molecular weight is 426 g/mol. The molecule has 1 heterocycles. The van der Waals surface area contributed by atoms with Crippen molar-refractivity contribution >= 4 is 10.0 Å². The first-order valence-electron chi connectivity index (χ1n) is 8.38. The molecule has 0 aliphatic carbocycles. The van der Waals surface area contributed by atoms with Gasteiger partial charge in [-0.25, -0.2) is 13.1 Å². The average Bonchev–Trinajstić information content (AvgIpc) is 3.17. The van der Waals surface area contributed by atoms with Gasteiger partial charge < -0.3 is 9.26 Å². The predicted molar refractivity (Wildman–Crippen MR) is 98.7 cm³/mol. The van der Waals surface area contributed by atoms with Crippen LogP contribution in [0, 0.1) is 6.92 Å². The standard InChI is InChI=1S/C19H17F3N2O4S/c1-12-6-7-14(16-10-18(28-24-16)19(20,21)22)9-17(12)29(25,26)23-11-13-4-3-5-15(8-13)27-2/h3-10,23H,11H2,1-2H3. The van der Waals surface area contributed by atoms with Crippen LogP contribution < -0.4 is 9.46 Å². The molecular weight excluding hydrogens is 409 g/mol. The van der Waals surface area contributed by atoms with E-state index < -0.39 is 22.0 Å². The van der Waals surface area contributed by atoms with Crippen molar-refractivity contribution in [3.05, 3.63) is 65.4 Å². The Hall–Kier alpha value is -2.85. The molecular formula is C19H17F3N2O4S. The molecule has 154 valence electrons. The van der Waals surface area contributed by atoms with Crippen LogP contribution in [0.25, 0.3) is 11.3 Å². The van der Waals surface area contributed by atoms with Gasteiger partial charge in [0.1, 0.15) is 11.4 Å². The quantitative estimate of drug-likeness (QED) is 0.640. The molecule has 3 rings (SSSR count). The maximum atomic E-state index is 12.8. The number of nitrogens with one attached hydrogen (secondary N) is 1. The highest BCUT2D eigenvalue weighted by Crippen LogP contribution is 2.33. The lowest BCUT2D eigenvalue weighted by Crippen LogP contribution is -2.24. The maximum absolute atomic E-state index is 12.8. The zero-order valence-corrected chi connectivity index (χ0v) is 16.3. The van der Waals surface area contributed by atoms with Gasteiger partial charge in [-0.15, -0.1) is 0 Å². The SMILES string of the molecule is COc1cccc(CNS(=O)(=O)c2cc(-c3cc(C(F)(F)F)on3)ccc2C)c1. The molecule has 3 aromatic rings. The summed E-state index contributed by atoms with van der Waals surface area (Å²) in [4.78, 5) is -0.0607. The van der Waals surface area contributed by atoms with E-state index in [1.165, 1.54) is 25.3 Å². The maximum Gasteiger partial charge on any atom is 0.452 e. The van der Waals surface area contributed by atoms with Gasteiger partial charge in [0.25, 0.3) is 0 Å². The third-order valence-electron chi connectivity index (χ3n) is 4.16. The molecule has 0 aliphatic rings. The largest absolute Gasteiger partial charge is 0.497 e. The summed E-state index contributed by atoms with van der Waals surface area (Å²) in [5, 5.41) is 3.39. The van der Waals surface area contributed by atoms with E-state index in [0.29, 0.717) is 16.9 Å². The summed E-state index contributed by atoms with van der Waals surface area (Å²) < 4.78 is 75.6. The molecule has 0 spiro atoms. The summed E-state index contributed by atoms with van der Waals surface area (Å²) in [5.41, 5.74) is 1.21. The molecule has 1 aromatic heterocycles. The Morgan fingerprint density at radius 2 is 1.90 bits per heavy atom. The van der Waals surface area contributed by atoms with Crippen molar-refractivity contribution in [1.29, 1.82) is 0 Å². The minimum Gasteiger partial charge on any atom is -0.497 e. The first kappa shape index (κ1) is 20.9. The van der Waals surface area contributed by atoms with Gasteiger partial charge in [0.15, 0.2) is 0 Å². The number of rotatable bonds is 6. The number of hydrogen-bond donors (Lipinski definition) is 1. The molecule has 0 aliphatic heterocycles. The fraction of sp³-hybridized carbons (Fsp3) is 0.211. The van der Waals surface area contributed by atoms with E-state index in [4.69, 9.17) is 4.74 Å². The number of ether oxygens (including phenoxy) is 1. The normalized spacial score (nSPS) is 12.2. The first-order valence-corrected chi connectivity index (χ1v) is 9.86. The van der Waals surface area contributed by atoms with Crippen LogP contribution in [0.1, 0.15) is 16.9 Å². The number of halogens is 3. The van der Waals surface area contributed by atoms with Crippen LogP contribution in [-0.2, 0) is 22.7 Å². The number of methoxy groups -OCH3 is 1. The van der Waals surface area contributed by atoms with Crippen LogP contribution in [0.5, 0.6) is 5.75 Å². The molecule has 0 saturated carbocycles. The van der Waals surface area contributed by atoms with E-state index in [2.05, 4.69) is 14.4 Å². The van der Waals surface area contributed by atoms with E-state index in [1.807, 2.05) is 0 Å². The van der Waals surface area contributed by atoms with Crippen LogP contribution >= 0.6 is 0 Å². The van der Waals surface area contributed by atoms with Crippen molar-refractivity contribution in [3.63, 3.8) is 0 Å². The number of sulfonamides is 1. The van der Waals surface area contributed by atoms with Crippen molar-refractivity contribution in [3.8, 4) is 17.0 Å². The molecule has 0 atom stereocenters. The summed E-state index contributed by atoms with van der Waals surface area (Å²) >= 11 is 0. The second-order valence-corrected chi connectivity index (χ2v) is 7.97. The number of aromatic nitrogens is 1. The lowest BCUT2D eigenvalue weighted by Gasteiger charge is -2.11. The minimum atomic E-state index is -4.68. The zero-order valence-electron chi connectivity index (χ0n) is 15.4. The van der Waals surface area contributed by atoms with Crippen LogP contribution in [0.4, 0.5) is 13.2 Å². The number of nitrogens with zero attached hydrogens (tertiary/aromatic N) is 1. The molecule has 0 bridgehead atoms. The van der Waals surface area contributed by atoms with Crippen LogP contribution in [-0.4, -0.2) is 20.7 Å². The Labute approximate surface area is 165 Å². The summed E-state index contributed by atoms with van der Waals surface area (Å²) in [7, 11) is -2.43. The van der Waals surface area contributed by atoms with E-state index >= 15 is 0 Å². The van der Waals surface area contributed by atoms with Crippen LogP contribution in [0.15, 0.2) is 57.9 Å². The highest BCUT2D eigenvalue weighted by atomic mass is 32.2. The van der Waals surface area contributed by atoms with Crippen molar-refractivity contribution in [2.45, 2.75) is 24.5 Å². The minimum absolute atomic E-state index is 0.0192. The Morgan fingerprint density at radius 1 is 1.14 bits per heavy atom. The fourth-order valence-electron chi connectivity index (χ4n) is 2.63. The highest BCUT2D eigenvalue weighted by Gasteiger charge is 2.36. The molecule has 0 fully saturated rings. The van der Waals surface area contributed by atoms with E-state index in [1.54, 1.807) is 31.2 Å². The second-order valence-electron chi connectivity index (χ2n) is 6.23. The third kappa shape index (κ3) is 4.77. The lowest BCUT2D eigenvalue weighted by molar-refractivity contribution is -0.155. The fourth-order valence-corrected chi connectivity index (χ4v) is 3.92. The first-order chi connectivity index (χ1) is 13.6. The Bertz CT molecular complexity index is 1120. The molecule has 10 heteroatoms. The van der Waals surface area contributed by atoms with Gasteiger partial charge in [0, 0.05) is 18.2 Å². The predicted octanol–water partition coefficient (Wildman–Crippen LogP) is 4.16. The molecule has 29 heavy (non-hydrogen) atoms. The van der Waals surface area contributed by atoms with E-state index in [0.717, 1.165) is 6.07 Å². The topological polar surface area (TPSA) is 81.4 Å². The van der Waals surface area contributed by atoms with Gasteiger partial charge in [-0.2, -0.15) is 13.2 Å². The summed E-state index contributed by atoms with van der Waals surface area (Å²) in [5.74, 6) is -0.667. The van der Waals surface area contributed by atoms with Crippen molar-refractivity contribution in [2.24, 2.45) is 0 Å². The molecule has 2 aromatic carbocycles. The van der Waals surface area contributed by atoms with E-state index in [9.17, 15) is 21.6 Å². The highest BCUT2D eigenvalue weighted by molar-refractivity contribution is 7.89. The summed E-state index contributed by atoms with van der Waals surface area (Å²) in [6, 6.07) is 11.9. The summed E-state index contributed by atoms with van der Waals surface area (Å²) in [6.45, 7) is 1.61. The number of hydrogen-bond acceptors (Lipinski definition) is 5. The van der Waals surface area contributed by atoms with Gasteiger partial charge in [0.05, 0.1) is 12.0 Å². The number of benzene rings is 2. The molecule has 0 radical (unpaired) electrons. The van der Waals surface area contributed by atoms with Crippen molar-refractivity contribution in [2.75, 3.05) is 7.11 Å². The van der Waals surface area contributed by atoms with Gasteiger partial charge >= 0.3 is 6.18 Å². The number of aryl methyl sites for hydroxylation is 1. The zero-order chi connectivity index (χ0) is 21.2. The van der Waals surface area contributed by atoms with Gasteiger partial charge in [-0.3, -0.25) is 0 Å². The Kier molecular flexibility index (Phi) is 5.67. The third-order valence-corrected chi connectivity index (χ3v) is 5.71. The Morgan fingerprint density at radius 3 is 2.55 bits per heavy atom.